The lowest BCUT2D eigenvalue weighted by Gasteiger charge is -2.34. The van der Waals surface area contributed by atoms with E-state index in [0.717, 1.165) is 16.5 Å². The third kappa shape index (κ3) is 2.94. The van der Waals surface area contributed by atoms with Crippen molar-refractivity contribution in [3.63, 3.8) is 0 Å². The van der Waals surface area contributed by atoms with Crippen LogP contribution in [0.1, 0.15) is 5.56 Å². The molecule has 0 bridgehead atoms. The fraction of sp³-hybridized carbons (Fsp3) is 0.333. The number of aromatic nitrogens is 2. The Labute approximate surface area is 127 Å². The van der Waals surface area contributed by atoms with Crippen LogP contribution >= 0.6 is 0 Å². The smallest absolute Gasteiger partial charge is 0.241 e. The standard InChI is InChI=1S/C15H18N5O2/c16-15(22)13-9-17-5-6-20(13)14(21)4-2-10-1-3-12-11(7-10)8-18-19-12/h1,3-4,7-8,13,17H,2,5-6,9H2,(H2,16,22)(H,18,19). The third-order valence-electron chi connectivity index (χ3n) is 3.87. The molecule has 1 atom stereocenters. The van der Waals surface area contributed by atoms with E-state index in [1.165, 1.54) is 4.90 Å². The Morgan fingerprint density at radius 1 is 1.45 bits per heavy atom. The summed E-state index contributed by atoms with van der Waals surface area (Å²) in [5, 5.41) is 10.9. The van der Waals surface area contributed by atoms with Gasteiger partial charge in [0.2, 0.25) is 11.8 Å². The van der Waals surface area contributed by atoms with Gasteiger partial charge in [-0.05, 0) is 24.1 Å². The van der Waals surface area contributed by atoms with Crippen molar-refractivity contribution >= 4 is 22.7 Å². The molecule has 1 saturated heterocycles. The number of nitrogens with one attached hydrogen (secondary N) is 2. The lowest BCUT2D eigenvalue weighted by atomic mass is 10.1. The fourth-order valence-electron chi connectivity index (χ4n) is 2.66. The maximum Gasteiger partial charge on any atom is 0.241 e. The molecule has 3 rings (SSSR count). The number of H-pyrrole nitrogens is 1. The summed E-state index contributed by atoms with van der Waals surface area (Å²) in [5.41, 5.74) is 7.34. The predicted octanol–water partition coefficient (Wildman–Crippen LogP) is -0.405. The Bertz CT molecular complexity index is 696. The summed E-state index contributed by atoms with van der Waals surface area (Å²) >= 11 is 0. The first kappa shape index (κ1) is 14.5. The highest BCUT2D eigenvalue weighted by Crippen LogP contribution is 2.15. The second-order valence-electron chi connectivity index (χ2n) is 5.35. The molecular weight excluding hydrogens is 282 g/mol. The largest absolute Gasteiger partial charge is 0.368 e. The second kappa shape index (κ2) is 6.15. The topological polar surface area (TPSA) is 104 Å². The molecule has 22 heavy (non-hydrogen) atoms. The van der Waals surface area contributed by atoms with Crippen LogP contribution in [0.5, 0.6) is 0 Å². The van der Waals surface area contributed by atoms with E-state index >= 15 is 0 Å². The van der Waals surface area contributed by atoms with Gasteiger partial charge in [0.25, 0.3) is 0 Å². The molecule has 1 fully saturated rings. The van der Waals surface area contributed by atoms with Gasteiger partial charge in [0.05, 0.1) is 18.1 Å². The zero-order chi connectivity index (χ0) is 15.5. The first-order valence-corrected chi connectivity index (χ1v) is 7.21. The summed E-state index contributed by atoms with van der Waals surface area (Å²) < 4.78 is 0. The molecule has 2 aromatic rings. The molecule has 1 aliphatic rings. The third-order valence-corrected chi connectivity index (χ3v) is 3.87. The number of fused-ring (bicyclic) bond motifs is 1. The van der Waals surface area contributed by atoms with Crippen LogP contribution in [0, 0.1) is 6.42 Å². The molecule has 0 spiro atoms. The Morgan fingerprint density at radius 2 is 2.32 bits per heavy atom. The number of carbonyl (C=O) groups excluding carboxylic acids is 2. The fourth-order valence-corrected chi connectivity index (χ4v) is 2.66. The zero-order valence-corrected chi connectivity index (χ0v) is 12.1. The summed E-state index contributed by atoms with van der Waals surface area (Å²) in [4.78, 5) is 25.3. The van der Waals surface area contributed by atoms with E-state index in [1.807, 2.05) is 18.2 Å². The SMILES string of the molecule is NC(=O)C1CNCCN1C(=O)[CH]Cc1ccc2[nH]ncc2c1. The van der Waals surface area contributed by atoms with E-state index in [-0.39, 0.29) is 5.91 Å². The minimum atomic E-state index is -0.575. The van der Waals surface area contributed by atoms with Gasteiger partial charge < -0.3 is 16.0 Å². The summed E-state index contributed by atoms with van der Waals surface area (Å²) in [5.74, 6) is -0.633. The van der Waals surface area contributed by atoms with Gasteiger partial charge in [0.15, 0.2) is 0 Å². The van der Waals surface area contributed by atoms with Gasteiger partial charge in [-0.15, -0.1) is 0 Å². The zero-order valence-electron chi connectivity index (χ0n) is 12.1. The summed E-state index contributed by atoms with van der Waals surface area (Å²) in [6, 6.07) is 5.31. The molecule has 1 radical (unpaired) electrons. The Hall–Kier alpha value is -2.41. The number of aromatic amines is 1. The van der Waals surface area contributed by atoms with E-state index in [1.54, 1.807) is 12.6 Å². The molecule has 1 aromatic heterocycles. The van der Waals surface area contributed by atoms with Crippen molar-refractivity contribution in [1.29, 1.82) is 0 Å². The predicted molar refractivity (Wildman–Crippen MR) is 81.7 cm³/mol. The van der Waals surface area contributed by atoms with Gasteiger partial charge in [0, 0.05) is 25.0 Å². The van der Waals surface area contributed by atoms with Gasteiger partial charge in [-0.25, -0.2) is 0 Å². The molecule has 0 saturated carbocycles. The molecule has 4 N–H and O–H groups in total. The Balaban J connectivity index is 1.64. The number of benzene rings is 1. The number of rotatable bonds is 4. The molecule has 115 valence electrons. The van der Waals surface area contributed by atoms with Crippen LogP contribution in [0.4, 0.5) is 0 Å². The van der Waals surface area contributed by atoms with Crippen LogP contribution in [0.3, 0.4) is 0 Å². The molecule has 2 amide bonds. The molecular formula is C15H18N5O2. The van der Waals surface area contributed by atoms with E-state index in [2.05, 4.69) is 15.5 Å². The normalized spacial score (nSPS) is 18.5. The van der Waals surface area contributed by atoms with Gasteiger partial charge in [0.1, 0.15) is 6.04 Å². The molecule has 0 aliphatic carbocycles. The Morgan fingerprint density at radius 3 is 3.14 bits per heavy atom. The van der Waals surface area contributed by atoms with Crippen molar-refractivity contribution < 1.29 is 9.59 Å². The summed E-state index contributed by atoms with van der Waals surface area (Å²) in [7, 11) is 0. The average molecular weight is 300 g/mol. The Kier molecular flexibility index (Phi) is 4.06. The molecule has 1 aromatic carbocycles. The average Bonchev–Trinajstić information content (AvgIpc) is 3.00. The van der Waals surface area contributed by atoms with Crippen molar-refractivity contribution in [2.24, 2.45) is 5.73 Å². The molecule has 7 heteroatoms. The highest BCUT2D eigenvalue weighted by molar-refractivity contribution is 5.91. The highest BCUT2D eigenvalue weighted by Gasteiger charge is 2.30. The molecule has 2 heterocycles. The molecule has 1 unspecified atom stereocenters. The van der Waals surface area contributed by atoms with Crippen molar-refractivity contribution in [1.82, 2.24) is 20.4 Å². The van der Waals surface area contributed by atoms with Crippen LogP contribution in [0.2, 0.25) is 0 Å². The monoisotopic (exact) mass is 300 g/mol. The van der Waals surface area contributed by atoms with Crippen LogP contribution in [0.15, 0.2) is 24.4 Å². The lowest BCUT2D eigenvalue weighted by Crippen LogP contribution is -2.58. The number of hydrogen-bond acceptors (Lipinski definition) is 4. The van der Waals surface area contributed by atoms with Crippen LogP contribution in [-0.4, -0.2) is 52.6 Å². The van der Waals surface area contributed by atoms with E-state index in [9.17, 15) is 9.59 Å². The summed E-state index contributed by atoms with van der Waals surface area (Å²) in [6.45, 7) is 1.57. The quantitative estimate of drug-likeness (QED) is 0.714. The lowest BCUT2D eigenvalue weighted by molar-refractivity contribution is -0.137. The van der Waals surface area contributed by atoms with Gasteiger partial charge in [-0.3, -0.25) is 14.7 Å². The first-order valence-electron chi connectivity index (χ1n) is 7.21. The van der Waals surface area contributed by atoms with Gasteiger partial charge in [-0.2, -0.15) is 5.10 Å². The molecule has 7 nitrogen and oxygen atoms in total. The van der Waals surface area contributed by atoms with Crippen molar-refractivity contribution in [2.75, 3.05) is 19.6 Å². The van der Waals surface area contributed by atoms with Crippen molar-refractivity contribution in [2.45, 2.75) is 12.5 Å². The number of hydrogen-bond donors (Lipinski definition) is 3. The van der Waals surface area contributed by atoms with Gasteiger partial charge in [-0.1, -0.05) is 6.07 Å². The van der Waals surface area contributed by atoms with Crippen LogP contribution in [0.25, 0.3) is 10.9 Å². The number of carbonyl (C=O) groups is 2. The van der Waals surface area contributed by atoms with E-state index in [0.29, 0.717) is 26.1 Å². The minimum Gasteiger partial charge on any atom is -0.368 e. The van der Waals surface area contributed by atoms with Crippen molar-refractivity contribution in [3.8, 4) is 0 Å². The number of nitrogens with zero attached hydrogens (tertiary/aromatic N) is 2. The van der Waals surface area contributed by atoms with Crippen LogP contribution in [-0.2, 0) is 16.0 Å². The number of nitrogens with two attached hydrogens (primary N) is 1. The summed E-state index contributed by atoms with van der Waals surface area (Å²) in [6.07, 6.45) is 3.86. The van der Waals surface area contributed by atoms with Crippen LogP contribution < -0.4 is 11.1 Å². The van der Waals surface area contributed by atoms with E-state index in [4.69, 9.17) is 5.73 Å². The highest BCUT2D eigenvalue weighted by atomic mass is 16.2. The van der Waals surface area contributed by atoms with Crippen molar-refractivity contribution in [3.05, 3.63) is 36.4 Å². The number of primary amides is 1. The minimum absolute atomic E-state index is 0.155. The second-order valence-corrected chi connectivity index (χ2v) is 5.35. The maximum absolute atomic E-state index is 12.3. The van der Waals surface area contributed by atoms with E-state index < -0.39 is 11.9 Å². The number of amides is 2. The number of piperazine rings is 1. The molecule has 1 aliphatic heterocycles. The maximum atomic E-state index is 12.3. The first-order chi connectivity index (χ1) is 10.6. The van der Waals surface area contributed by atoms with Gasteiger partial charge >= 0.3 is 0 Å².